The second kappa shape index (κ2) is 4.38. The van der Waals surface area contributed by atoms with Crippen LogP contribution in [0.2, 0.25) is 0 Å². The van der Waals surface area contributed by atoms with E-state index >= 15 is 0 Å². The molecule has 0 saturated carbocycles. The molecule has 0 unspecified atom stereocenters. The first-order valence-electron chi connectivity index (χ1n) is 3.00. The molecule has 1 N–H and O–H groups in total. The predicted octanol–water partition coefficient (Wildman–Crippen LogP) is 0.963. The van der Waals surface area contributed by atoms with E-state index in [1.807, 2.05) is 0 Å². The number of thiazole rings is 1. The number of nitrogens with one attached hydrogen (secondary N) is 1. The van der Waals surface area contributed by atoms with Gasteiger partial charge in [0.1, 0.15) is 0 Å². The molecule has 6 heteroatoms. The Hall–Kier alpha value is 0.325. The fourth-order valence-corrected chi connectivity index (χ4v) is 6.18. The zero-order valence-corrected chi connectivity index (χ0v) is 13.0. The van der Waals surface area contributed by atoms with E-state index in [-0.39, 0.29) is 5.91 Å². The van der Waals surface area contributed by atoms with Gasteiger partial charge in [-0.25, -0.2) is 0 Å². The van der Waals surface area contributed by atoms with E-state index in [4.69, 9.17) is 8.25 Å². The second-order valence-corrected chi connectivity index (χ2v) is 11.4. The number of aromatic nitrogens is 1. The van der Waals surface area contributed by atoms with Gasteiger partial charge < -0.3 is 0 Å². The zero-order chi connectivity index (χ0) is 8.27. The van der Waals surface area contributed by atoms with Crippen molar-refractivity contribution in [3.05, 3.63) is 6.20 Å². The van der Waals surface area contributed by atoms with Gasteiger partial charge in [0, 0.05) is 0 Å². The first-order valence-corrected chi connectivity index (χ1v) is 13.3. The van der Waals surface area contributed by atoms with Gasteiger partial charge in [-0.2, -0.15) is 0 Å². The van der Waals surface area contributed by atoms with Crippen LogP contribution in [0.4, 0.5) is 5.13 Å². The van der Waals surface area contributed by atoms with Crippen molar-refractivity contribution in [1.82, 2.24) is 4.98 Å². The molecular formula is C5H5ClHgN2OS. The molecule has 0 aliphatic rings. The molecule has 11 heavy (non-hydrogen) atoms. The molecule has 0 aliphatic heterocycles. The van der Waals surface area contributed by atoms with Crippen LogP contribution in [0, 0.1) is 0 Å². The van der Waals surface area contributed by atoms with Gasteiger partial charge in [-0.3, -0.25) is 0 Å². The maximum atomic E-state index is 10.6. The summed E-state index contributed by atoms with van der Waals surface area (Å²) >= 11 is 0.188. The van der Waals surface area contributed by atoms with Crippen LogP contribution >= 0.6 is 19.6 Å². The molecule has 0 fully saturated rings. The van der Waals surface area contributed by atoms with Gasteiger partial charge in [0.2, 0.25) is 0 Å². The normalized spacial score (nSPS) is 8.91. The van der Waals surface area contributed by atoms with Crippen molar-refractivity contribution in [1.29, 1.82) is 0 Å². The van der Waals surface area contributed by atoms with Crippen molar-refractivity contribution < 1.29 is 28.1 Å². The number of amides is 1. The molecule has 1 rings (SSSR count). The number of rotatable bonds is 2. The van der Waals surface area contributed by atoms with E-state index in [1.165, 1.54) is 20.6 Å². The summed E-state index contributed by atoms with van der Waals surface area (Å²) in [6.45, 7) is 1.46. The summed E-state index contributed by atoms with van der Waals surface area (Å²) in [5.74, 6) is -0.0860. The van der Waals surface area contributed by atoms with Gasteiger partial charge >= 0.3 is 84.6 Å². The Balaban J connectivity index is 2.65. The second-order valence-electron chi connectivity index (χ2n) is 1.95. The maximum absolute atomic E-state index is 10.6. The molecule has 0 radical (unpaired) electrons. The van der Waals surface area contributed by atoms with Crippen molar-refractivity contribution in [2.75, 3.05) is 5.32 Å². The molecule has 0 aliphatic carbocycles. The number of hydrogen-bond donors (Lipinski definition) is 1. The SMILES string of the molecule is CC(=O)Nc1nc[c]([Hg][Cl])s1. The third kappa shape index (κ3) is 3.05. The van der Waals surface area contributed by atoms with Crippen LogP contribution < -0.4 is 7.70 Å². The molecule has 0 aromatic carbocycles. The fourth-order valence-electron chi connectivity index (χ4n) is 0.578. The third-order valence-electron chi connectivity index (χ3n) is 0.968. The van der Waals surface area contributed by atoms with Crippen molar-refractivity contribution in [2.24, 2.45) is 0 Å². The Bertz CT molecular complexity index is 265. The number of nitrogens with zero attached hydrogens (tertiary/aromatic N) is 1. The van der Waals surface area contributed by atoms with Crippen molar-refractivity contribution in [3.8, 4) is 0 Å². The Labute approximate surface area is 84.0 Å². The molecular weight excluding hydrogens is 372 g/mol. The number of carbonyl (C=O) groups is 1. The average Bonchev–Trinajstić information content (AvgIpc) is 2.34. The number of halogens is 1. The number of anilines is 1. The van der Waals surface area contributed by atoms with E-state index in [0.29, 0.717) is 5.13 Å². The van der Waals surface area contributed by atoms with Crippen LogP contribution in [0.3, 0.4) is 0 Å². The molecule has 1 heterocycles. The van der Waals surface area contributed by atoms with E-state index < -0.39 is 23.3 Å². The van der Waals surface area contributed by atoms with Crippen LogP contribution in [-0.2, 0) is 28.1 Å². The van der Waals surface area contributed by atoms with Gasteiger partial charge in [-0.15, -0.1) is 0 Å². The van der Waals surface area contributed by atoms with Crippen LogP contribution in [0.15, 0.2) is 6.20 Å². The third-order valence-corrected chi connectivity index (χ3v) is 10.3. The van der Waals surface area contributed by atoms with Gasteiger partial charge in [-0.05, 0) is 0 Å². The molecule has 3 nitrogen and oxygen atoms in total. The molecule has 0 spiro atoms. The van der Waals surface area contributed by atoms with Crippen LogP contribution in [-0.4, -0.2) is 10.9 Å². The standard InChI is InChI=1S/C5H5N2OS.ClH.Hg/c1-4(8)7-5-6-2-3-9-5;;/h2H,1H3,(H,6,7,8);1H;/q;;+1/p-1. The van der Waals surface area contributed by atoms with Crippen molar-refractivity contribution in [3.63, 3.8) is 0 Å². The Morgan fingerprint density at radius 2 is 2.64 bits per heavy atom. The van der Waals surface area contributed by atoms with Gasteiger partial charge in [0.15, 0.2) is 0 Å². The molecule has 1 amide bonds. The van der Waals surface area contributed by atoms with E-state index in [9.17, 15) is 4.79 Å². The molecule has 56 valence electrons. The Morgan fingerprint density at radius 1 is 1.91 bits per heavy atom. The predicted molar refractivity (Wildman–Crippen MR) is 41.9 cm³/mol. The van der Waals surface area contributed by atoms with Crippen molar-refractivity contribution >= 4 is 33.0 Å². The van der Waals surface area contributed by atoms with E-state index in [1.54, 1.807) is 6.20 Å². The van der Waals surface area contributed by atoms with Crippen molar-refractivity contribution in [2.45, 2.75) is 6.92 Å². The summed E-state index contributed by atoms with van der Waals surface area (Å²) in [6, 6.07) is 0. The first kappa shape index (κ1) is 9.41. The van der Waals surface area contributed by atoms with E-state index in [2.05, 4.69) is 10.3 Å². The Morgan fingerprint density at radius 3 is 3.09 bits per heavy atom. The molecule has 1 aromatic rings. The molecule has 0 saturated heterocycles. The molecule has 1 aromatic heterocycles. The summed E-state index contributed by atoms with van der Waals surface area (Å²) < 4.78 is 1.18. The van der Waals surface area contributed by atoms with Gasteiger partial charge in [0.05, 0.1) is 0 Å². The monoisotopic (exact) mass is 378 g/mol. The van der Waals surface area contributed by atoms with E-state index in [0.717, 1.165) is 0 Å². The first-order chi connectivity index (χ1) is 5.22. The Kier molecular flexibility index (Phi) is 3.74. The van der Waals surface area contributed by atoms with Gasteiger partial charge in [0.25, 0.3) is 0 Å². The summed E-state index contributed by atoms with van der Waals surface area (Å²) in [4.78, 5) is 14.5. The van der Waals surface area contributed by atoms with Crippen LogP contribution in [0.5, 0.6) is 0 Å². The van der Waals surface area contributed by atoms with Crippen LogP contribution in [0.25, 0.3) is 0 Å². The topological polar surface area (TPSA) is 42.0 Å². The summed E-state index contributed by atoms with van der Waals surface area (Å²) in [7, 11) is 5.76. The summed E-state index contributed by atoms with van der Waals surface area (Å²) in [5.41, 5.74) is 0. The summed E-state index contributed by atoms with van der Waals surface area (Å²) in [5, 5.41) is 3.27. The number of carbonyl (C=O) groups excluding carboxylic acids is 1. The molecule has 0 atom stereocenters. The molecule has 0 bridgehead atoms. The quantitative estimate of drug-likeness (QED) is 0.781. The average molecular weight is 377 g/mol. The zero-order valence-electron chi connectivity index (χ0n) is 5.93. The minimum absolute atomic E-state index is 0.0860. The fraction of sp³-hybridized carbons (Fsp3) is 0.200. The summed E-state index contributed by atoms with van der Waals surface area (Å²) in [6.07, 6.45) is 1.75. The number of hydrogen-bond acceptors (Lipinski definition) is 3. The minimum atomic E-state index is -1.30. The van der Waals surface area contributed by atoms with Gasteiger partial charge in [-0.1, -0.05) is 0 Å². The van der Waals surface area contributed by atoms with Crippen LogP contribution in [0.1, 0.15) is 6.92 Å².